The van der Waals surface area contributed by atoms with E-state index in [-0.39, 0.29) is 16.9 Å². The van der Waals surface area contributed by atoms with Crippen molar-refractivity contribution in [1.82, 2.24) is 4.98 Å². The summed E-state index contributed by atoms with van der Waals surface area (Å²) in [4.78, 5) is 4.49. The molecule has 3 N–H and O–H groups in total. The Balaban J connectivity index is 1.79. The summed E-state index contributed by atoms with van der Waals surface area (Å²) in [7, 11) is -3.70. The van der Waals surface area contributed by atoms with Gasteiger partial charge in [-0.25, -0.2) is 18.5 Å². The first-order valence-corrected chi connectivity index (χ1v) is 9.99. The first kappa shape index (κ1) is 15.8. The van der Waals surface area contributed by atoms with Gasteiger partial charge in [-0.1, -0.05) is 18.2 Å². The smallest absolute Gasteiger partial charge is 0.238 e. The molecule has 1 aromatic carbocycles. The first-order chi connectivity index (χ1) is 11.4. The molecule has 3 atom stereocenters. The largest absolute Gasteiger partial charge is 0.378 e. The fourth-order valence-electron chi connectivity index (χ4n) is 3.65. The Kier molecular flexibility index (Phi) is 3.74. The van der Waals surface area contributed by atoms with Gasteiger partial charge in [0, 0.05) is 17.8 Å². The molecule has 0 amide bonds. The fourth-order valence-corrected chi connectivity index (χ4v) is 4.43. The molecule has 1 aliphatic carbocycles. The molecular formula is C17H16BrN3O2S. The number of nitrogens with one attached hydrogen (secondary N) is 1. The van der Waals surface area contributed by atoms with E-state index in [0.717, 1.165) is 27.8 Å². The molecule has 124 valence electrons. The lowest BCUT2D eigenvalue weighted by atomic mass is 9.77. The van der Waals surface area contributed by atoms with E-state index in [9.17, 15) is 8.42 Å². The SMILES string of the molecule is NS(=O)(=O)c1ccc2c(c1)C1C=CCC1C(c1ccc(Br)nc1)N2. The second-order valence-electron chi connectivity index (χ2n) is 6.18. The summed E-state index contributed by atoms with van der Waals surface area (Å²) in [5, 5.41) is 8.83. The molecule has 24 heavy (non-hydrogen) atoms. The van der Waals surface area contributed by atoms with Crippen molar-refractivity contribution in [2.75, 3.05) is 5.32 Å². The zero-order chi connectivity index (χ0) is 16.9. The molecule has 0 bridgehead atoms. The van der Waals surface area contributed by atoms with Crippen molar-refractivity contribution in [3.63, 3.8) is 0 Å². The normalized spacial score (nSPS) is 25.0. The third kappa shape index (κ3) is 2.66. The number of halogens is 1. The molecule has 5 nitrogen and oxygen atoms in total. The minimum absolute atomic E-state index is 0.137. The molecule has 0 fully saturated rings. The van der Waals surface area contributed by atoms with Crippen LogP contribution in [0.5, 0.6) is 0 Å². The summed E-state index contributed by atoms with van der Waals surface area (Å²) in [6, 6.07) is 9.19. The van der Waals surface area contributed by atoms with Gasteiger partial charge in [0.05, 0.1) is 10.9 Å². The Morgan fingerprint density at radius 1 is 1.25 bits per heavy atom. The zero-order valence-corrected chi connectivity index (χ0v) is 15.1. The van der Waals surface area contributed by atoms with Gasteiger partial charge < -0.3 is 5.32 Å². The van der Waals surface area contributed by atoms with Gasteiger partial charge in [-0.05, 0) is 63.7 Å². The number of aromatic nitrogens is 1. The Labute approximate surface area is 149 Å². The lowest BCUT2D eigenvalue weighted by molar-refractivity contribution is 0.424. The monoisotopic (exact) mass is 405 g/mol. The number of pyridine rings is 1. The van der Waals surface area contributed by atoms with Crippen molar-refractivity contribution in [2.45, 2.75) is 23.3 Å². The molecule has 1 aliphatic heterocycles. The van der Waals surface area contributed by atoms with Gasteiger partial charge in [0.25, 0.3) is 0 Å². The van der Waals surface area contributed by atoms with Crippen molar-refractivity contribution < 1.29 is 8.42 Å². The summed E-state index contributed by atoms with van der Waals surface area (Å²) in [6.45, 7) is 0. The van der Waals surface area contributed by atoms with Crippen LogP contribution in [0.4, 0.5) is 5.69 Å². The fraction of sp³-hybridized carbons (Fsp3) is 0.235. The van der Waals surface area contributed by atoms with Crippen LogP contribution in [0.1, 0.15) is 29.5 Å². The number of rotatable bonds is 2. The number of hydrogen-bond acceptors (Lipinski definition) is 4. The number of fused-ring (bicyclic) bond motifs is 3. The van der Waals surface area contributed by atoms with Crippen LogP contribution >= 0.6 is 15.9 Å². The third-order valence-corrected chi connectivity index (χ3v) is 6.15. The molecule has 0 saturated heterocycles. The Hall–Kier alpha value is -1.70. The molecule has 0 spiro atoms. The number of hydrogen-bond donors (Lipinski definition) is 2. The van der Waals surface area contributed by atoms with Crippen LogP contribution in [0.25, 0.3) is 0 Å². The molecule has 7 heteroatoms. The van der Waals surface area contributed by atoms with Gasteiger partial charge in [0.2, 0.25) is 10.0 Å². The summed E-state index contributed by atoms with van der Waals surface area (Å²) in [5.41, 5.74) is 3.06. The van der Waals surface area contributed by atoms with E-state index in [0.29, 0.717) is 5.92 Å². The van der Waals surface area contributed by atoms with Crippen molar-refractivity contribution in [1.29, 1.82) is 0 Å². The standard InChI is InChI=1S/C17H16BrN3O2S/c18-16-7-4-10(9-20-16)17-13-3-1-2-12(13)14-8-11(24(19,22)23)5-6-15(14)21-17/h1-2,4-9,12-13,17,21H,3H2,(H2,19,22,23). The number of sulfonamides is 1. The maximum Gasteiger partial charge on any atom is 0.238 e. The maximum absolute atomic E-state index is 11.7. The van der Waals surface area contributed by atoms with Crippen LogP contribution in [-0.4, -0.2) is 13.4 Å². The Morgan fingerprint density at radius 2 is 2.08 bits per heavy atom. The highest BCUT2D eigenvalue weighted by Gasteiger charge is 2.38. The molecule has 0 radical (unpaired) electrons. The van der Waals surface area contributed by atoms with Crippen molar-refractivity contribution in [2.24, 2.45) is 11.1 Å². The van der Waals surface area contributed by atoms with Crippen LogP contribution in [0, 0.1) is 5.92 Å². The first-order valence-electron chi connectivity index (χ1n) is 7.65. The quantitative estimate of drug-likeness (QED) is 0.592. The summed E-state index contributed by atoms with van der Waals surface area (Å²) < 4.78 is 24.1. The highest BCUT2D eigenvalue weighted by molar-refractivity contribution is 9.10. The van der Waals surface area contributed by atoms with E-state index >= 15 is 0 Å². The molecule has 2 aromatic rings. The van der Waals surface area contributed by atoms with E-state index in [1.807, 2.05) is 12.3 Å². The second kappa shape index (κ2) is 5.68. The van der Waals surface area contributed by atoms with E-state index in [1.54, 1.807) is 18.2 Å². The number of benzene rings is 1. The number of nitrogens with zero attached hydrogens (tertiary/aromatic N) is 1. The van der Waals surface area contributed by atoms with Crippen LogP contribution in [0.2, 0.25) is 0 Å². The number of primary sulfonamides is 1. The second-order valence-corrected chi connectivity index (χ2v) is 8.56. The van der Waals surface area contributed by atoms with E-state index in [2.05, 4.69) is 44.4 Å². The predicted molar refractivity (Wildman–Crippen MR) is 96.1 cm³/mol. The van der Waals surface area contributed by atoms with Gasteiger partial charge in [-0.2, -0.15) is 0 Å². The van der Waals surface area contributed by atoms with Gasteiger partial charge in [-0.15, -0.1) is 0 Å². The molecule has 2 aliphatic rings. The lowest BCUT2D eigenvalue weighted by Gasteiger charge is -2.37. The summed E-state index contributed by atoms with van der Waals surface area (Å²) >= 11 is 3.37. The Bertz CT molecular complexity index is 925. The summed E-state index contributed by atoms with van der Waals surface area (Å²) in [5.74, 6) is 0.507. The van der Waals surface area contributed by atoms with Gasteiger partial charge in [0.15, 0.2) is 0 Å². The topological polar surface area (TPSA) is 85.1 Å². The van der Waals surface area contributed by atoms with E-state index in [4.69, 9.17) is 5.14 Å². The predicted octanol–water partition coefficient (Wildman–Crippen LogP) is 3.32. The minimum Gasteiger partial charge on any atom is -0.378 e. The molecule has 0 saturated carbocycles. The minimum atomic E-state index is -3.70. The van der Waals surface area contributed by atoms with Gasteiger partial charge in [0.1, 0.15) is 4.60 Å². The third-order valence-electron chi connectivity index (χ3n) is 4.77. The highest BCUT2D eigenvalue weighted by atomic mass is 79.9. The molecule has 3 unspecified atom stereocenters. The number of nitrogens with two attached hydrogens (primary N) is 1. The molecule has 4 rings (SSSR count). The van der Waals surface area contributed by atoms with Crippen molar-refractivity contribution in [3.8, 4) is 0 Å². The van der Waals surface area contributed by atoms with E-state index in [1.165, 1.54) is 0 Å². The van der Waals surface area contributed by atoms with E-state index < -0.39 is 10.0 Å². The molecular weight excluding hydrogens is 390 g/mol. The zero-order valence-electron chi connectivity index (χ0n) is 12.7. The Morgan fingerprint density at radius 3 is 2.79 bits per heavy atom. The van der Waals surface area contributed by atoms with Gasteiger partial charge in [-0.3, -0.25) is 0 Å². The summed E-state index contributed by atoms with van der Waals surface area (Å²) in [6.07, 6.45) is 7.14. The van der Waals surface area contributed by atoms with Crippen LogP contribution in [0.15, 0.2) is 58.2 Å². The molecule has 1 aromatic heterocycles. The van der Waals surface area contributed by atoms with Crippen molar-refractivity contribution in [3.05, 3.63) is 64.4 Å². The highest BCUT2D eigenvalue weighted by Crippen LogP contribution is 2.50. The average Bonchev–Trinajstić information content (AvgIpc) is 3.03. The lowest BCUT2D eigenvalue weighted by Crippen LogP contribution is -2.29. The van der Waals surface area contributed by atoms with Crippen LogP contribution < -0.4 is 10.5 Å². The van der Waals surface area contributed by atoms with Crippen LogP contribution in [0.3, 0.4) is 0 Å². The molecule has 2 heterocycles. The average molecular weight is 406 g/mol. The van der Waals surface area contributed by atoms with Crippen molar-refractivity contribution >= 4 is 31.6 Å². The maximum atomic E-state index is 11.7. The van der Waals surface area contributed by atoms with Crippen LogP contribution in [-0.2, 0) is 10.0 Å². The van der Waals surface area contributed by atoms with Gasteiger partial charge >= 0.3 is 0 Å². The number of allylic oxidation sites excluding steroid dienone is 2. The number of anilines is 1.